The average molecular weight is 367 g/mol. The second-order valence-electron chi connectivity index (χ2n) is 6.79. The molecular formula is C16H21N3O5S. The maximum absolute atomic E-state index is 12.0. The molecule has 0 saturated carbocycles. The van der Waals surface area contributed by atoms with Crippen molar-refractivity contribution in [2.75, 3.05) is 19.7 Å². The second-order valence-corrected chi connectivity index (χ2v) is 7.32. The van der Waals surface area contributed by atoms with Crippen molar-refractivity contribution in [1.29, 1.82) is 0 Å². The Morgan fingerprint density at radius 3 is 3.04 bits per heavy atom. The van der Waals surface area contributed by atoms with Crippen LogP contribution in [0, 0.1) is 5.92 Å². The van der Waals surface area contributed by atoms with E-state index in [1.165, 1.54) is 0 Å². The van der Waals surface area contributed by atoms with E-state index >= 15 is 0 Å². The van der Waals surface area contributed by atoms with Crippen LogP contribution in [0.1, 0.15) is 44.7 Å². The molecule has 136 valence electrons. The first kappa shape index (κ1) is 16.7. The van der Waals surface area contributed by atoms with Crippen LogP contribution in [0.25, 0.3) is 0 Å². The molecule has 0 radical (unpaired) electrons. The van der Waals surface area contributed by atoms with Crippen LogP contribution in [0.3, 0.4) is 0 Å². The number of piperidine rings is 1. The number of aromatic nitrogens is 2. The fourth-order valence-corrected chi connectivity index (χ4v) is 4.52. The van der Waals surface area contributed by atoms with Gasteiger partial charge in [-0.15, -0.1) is 4.37 Å². The summed E-state index contributed by atoms with van der Waals surface area (Å²) < 4.78 is 25.6. The number of rotatable bonds is 6. The highest BCUT2D eigenvalue weighted by atomic mass is 32.1. The van der Waals surface area contributed by atoms with Crippen LogP contribution in [0.5, 0.6) is 5.88 Å². The van der Waals surface area contributed by atoms with Crippen molar-refractivity contribution < 1.29 is 23.8 Å². The zero-order valence-corrected chi connectivity index (χ0v) is 14.9. The molecule has 0 N–H and O–H groups in total. The Labute approximate surface area is 149 Å². The molecule has 4 rings (SSSR count). The van der Waals surface area contributed by atoms with Gasteiger partial charge in [0.05, 0.1) is 18.3 Å². The lowest BCUT2D eigenvalue weighted by molar-refractivity contribution is -0.262. The van der Waals surface area contributed by atoms with Crippen LogP contribution >= 0.6 is 11.7 Å². The average Bonchev–Trinajstić information content (AvgIpc) is 3.23. The summed E-state index contributed by atoms with van der Waals surface area (Å²) in [6.45, 7) is 4.21. The van der Waals surface area contributed by atoms with Gasteiger partial charge >= 0.3 is 11.9 Å². The van der Waals surface area contributed by atoms with Gasteiger partial charge in [0.2, 0.25) is 0 Å². The summed E-state index contributed by atoms with van der Waals surface area (Å²) in [5, 5.41) is 0. The number of nitrogens with zero attached hydrogens (tertiary/aromatic N) is 3. The van der Waals surface area contributed by atoms with Crippen LogP contribution in [-0.2, 0) is 24.8 Å². The summed E-state index contributed by atoms with van der Waals surface area (Å²) in [7, 11) is 0. The minimum atomic E-state index is -1.20. The van der Waals surface area contributed by atoms with Crippen LogP contribution < -0.4 is 4.74 Å². The molecule has 25 heavy (non-hydrogen) atoms. The number of carbonyl (C=O) groups is 2. The lowest BCUT2D eigenvalue weighted by atomic mass is 9.87. The third-order valence-electron chi connectivity index (χ3n) is 5.19. The van der Waals surface area contributed by atoms with Crippen LogP contribution in [-0.4, -0.2) is 51.4 Å². The van der Waals surface area contributed by atoms with Gasteiger partial charge in [0.25, 0.3) is 11.6 Å². The first-order valence-corrected chi connectivity index (χ1v) is 9.53. The number of unbranched alkanes of at least 4 members (excludes halogenated alkanes) is 2. The lowest BCUT2D eigenvalue weighted by Crippen LogP contribution is -2.64. The molecule has 0 spiro atoms. The predicted octanol–water partition coefficient (Wildman–Crippen LogP) is 1.45. The largest absolute Gasteiger partial charge is 0.476 e. The maximum atomic E-state index is 12.0. The van der Waals surface area contributed by atoms with Gasteiger partial charge in [-0.25, -0.2) is 9.59 Å². The highest BCUT2D eigenvalue weighted by Crippen LogP contribution is 2.50. The van der Waals surface area contributed by atoms with E-state index in [0.29, 0.717) is 30.5 Å². The Hall–Kier alpha value is -1.74. The summed E-state index contributed by atoms with van der Waals surface area (Å²) in [6, 6.07) is 0. The minimum absolute atomic E-state index is 0.377. The number of esters is 2. The van der Waals surface area contributed by atoms with Gasteiger partial charge in [0.1, 0.15) is 0 Å². The molecule has 0 aromatic carbocycles. The summed E-state index contributed by atoms with van der Waals surface area (Å²) in [6.07, 6.45) is 4.16. The van der Waals surface area contributed by atoms with Crippen LogP contribution in [0.15, 0.2) is 0 Å². The van der Waals surface area contributed by atoms with E-state index in [1.807, 2.05) is 4.90 Å². The number of ether oxygens (including phenoxy) is 3. The Bertz CT molecular complexity index is 680. The number of hydrogen-bond donors (Lipinski definition) is 0. The van der Waals surface area contributed by atoms with E-state index in [2.05, 4.69) is 15.7 Å². The Kier molecular flexibility index (Phi) is 4.36. The second kappa shape index (κ2) is 6.53. The number of carbonyl (C=O) groups excluding carboxylic acids is 2. The molecule has 4 atom stereocenters. The van der Waals surface area contributed by atoms with E-state index in [0.717, 1.165) is 50.5 Å². The minimum Gasteiger partial charge on any atom is -0.476 e. The molecule has 8 nitrogen and oxygen atoms in total. The molecule has 0 amide bonds. The third-order valence-corrected chi connectivity index (χ3v) is 5.70. The zero-order chi connectivity index (χ0) is 17.4. The zero-order valence-electron chi connectivity index (χ0n) is 14.1. The highest BCUT2D eigenvalue weighted by Gasteiger charge is 2.63. The first-order chi connectivity index (χ1) is 12.1. The molecule has 3 aliphatic rings. The van der Waals surface area contributed by atoms with E-state index in [9.17, 15) is 9.59 Å². The Morgan fingerprint density at radius 1 is 1.32 bits per heavy atom. The molecular weight excluding hydrogens is 346 g/mol. The first-order valence-electron chi connectivity index (χ1n) is 8.80. The van der Waals surface area contributed by atoms with E-state index in [1.54, 1.807) is 0 Å². The van der Waals surface area contributed by atoms with E-state index in [-0.39, 0.29) is 0 Å². The predicted molar refractivity (Wildman–Crippen MR) is 86.9 cm³/mol. The maximum Gasteiger partial charge on any atom is 0.419 e. The van der Waals surface area contributed by atoms with Gasteiger partial charge in [-0.3, -0.25) is 4.90 Å². The van der Waals surface area contributed by atoms with E-state index in [4.69, 9.17) is 14.2 Å². The van der Waals surface area contributed by atoms with Crippen molar-refractivity contribution in [3.8, 4) is 5.88 Å². The normalized spacial score (nSPS) is 33.6. The summed E-state index contributed by atoms with van der Waals surface area (Å²) in [4.78, 5) is 25.8. The highest BCUT2D eigenvalue weighted by molar-refractivity contribution is 6.99. The van der Waals surface area contributed by atoms with Gasteiger partial charge in [0, 0.05) is 13.1 Å². The van der Waals surface area contributed by atoms with Gasteiger partial charge in [0.15, 0.2) is 11.8 Å². The molecule has 3 saturated heterocycles. The summed E-state index contributed by atoms with van der Waals surface area (Å²) in [5.41, 5.74) is -0.745. The van der Waals surface area contributed by atoms with E-state index < -0.39 is 23.8 Å². The molecule has 1 aromatic heterocycles. The SMILES string of the molecule is CCCCCOc1nsnc1C12OC(=O)C(=O)OC1CC1CCN2C1. The van der Waals surface area contributed by atoms with Crippen molar-refractivity contribution in [3.05, 3.63) is 5.69 Å². The molecule has 2 bridgehead atoms. The molecule has 4 heterocycles. The quantitative estimate of drug-likeness (QED) is 0.424. The topological polar surface area (TPSA) is 90.9 Å². The lowest BCUT2D eigenvalue weighted by Gasteiger charge is -2.48. The smallest absolute Gasteiger partial charge is 0.419 e. The van der Waals surface area contributed by atoms with Crippen molar-refractivity contribution in [3.63, 3.8) is 0 Å². The van der Waals surface area contributed by atoms with Crippen LogP contribution in [0.2, 0.25) is 0 Å². The molecule has 9 heteroatoms. The van der Waals surface area contributed by atoms with Gasteiger partial charge in [-0.1, -0.05) is 19.8 Å². The molecule has 3 fully saturated rings. The van der Waals surface area contributed by atoms with Gasteiger partial charge in [-0.2, -0.15) is 4.37 Å². The van der Waals surface area contributed by atoms with Crippen molar-refractivity contribution in [2.45, 2.75) is 50.9 Å². The van der Waals surface area contributed by atoms with Crippen molar-refractivity contribution >= 4 is 23.7 Å². The fraction of sp³-hybridized carbons (Fsp3) is 0.750. The van der Waals surface area contributed by atoms with Crippen molar-refractivity contribution in [1.82, 2.24) is 13.6 Å². The molecule has 3 aliphatic heterocycles. The Balaban J connectivity index is 1.67. The number of hydrogen-bond acceptors (Lipinski definition) is 9. The summed E-state index contributed by atoms with van der Waals surface area (Å²) >= 11 is 1.02. The third kappa shape index (κ3) is 2.69. The van der Waals surface area contributed by atoms with Crippen LogP contribution in [0.4, 0.5) is 0 Å². The van der Waals surface area contributed by atoms with Gasteiger partial charge in [-0.05, 0) is 25.2 Å². The Morgan fingerprint density at radius 2 is 2.20 bits per heavy atom. The number of fused-ring (bicyclic) bond motifs is 4. The molecule has 4 unspecified atom stereocenters. The fourth-order valence-electron chi connectivity index (χ4n) is 3.98. The monoisotopic (exact) mass is 367 g/mol. The summed E-state index contributed by atoms with van der Waals surface area (Å²) in [5.74, 6) is -1.10. The van der Waals surface area contributed by atoms with Crippen molar-refractivity contribution in [2.24, 2.45) is 5.92 Å². The molecule has 1 aromatic rings. The standard InChI is InChI=1S/C16H21N3O5S/c1-2-3-4-7-22-13-12(17-25-18-13)16-11(23-14(20)15(21)24-16)8-10-5-6-19(16)9-10/h10-11H,2-9H2,1H3. The molecule has 0 aliphatic carbocycles. The van der Waals surface area contributed by atoms with Gasteiger partial charge < -0.3 is 14.2 Å².